The number of carbonyl (C=O) groups is 1. The van der Waals surface area contributed by atoms with Crippen LogP contribution in [0.25, 0.3) is 0 Å². The maximum Gasteiger partial charge on any atom is 0.316 e. The standard InChI is InChI=1S/C11H22N2OS/c1-13(2)10(14)12-9-11(15-3)7-5-4-6-8-11/h4-9H2,1-3H3,(H,12,14). The van der Waals surface area contributed by atoms with Crippen molar-refractivity contribution in [3.63, 3.8) is 0 Å². The summed E-state index contributed by atoms with van der Waals surface area (Å²) in [7, 11) is 3.56. The van der Waals surface area contributed by atoms with Gasteiger partial charge in [-0.1, -0.05) is 19.3 Å². The molecule has 1 aliphatic rings. The molecule has 15 heavy (non-hydrogen) atoms. The Morgan fingerprint density at radius 2 is 1.93 bits per heavy atom. The molecule has 0 aromatic carbocycles. The van der Waals surface area contributed by atoms with Crippen molar-refractivity contribution < 1.29 is 4.79 Å². The van der Waals surface area contributed by atoms with Crippen LogP contribution in [0, 0.1) is 0 Å². The highest BCUT2D eigenvalue weighted by Gasteiger charge is 2.31. The Kier molecular flexibility index (Phi) is 4.77. The minimum atomic E-state index is 0.0222. The van der Waals surface area contributed by atoms with E-state index in [0.717, 1.165) is 6.54 Å². The summed E-state index contributed by atoms with van der Waals surface area (Å²) >= 11 is 1.91. The van der Waals surface area contributed by atoms with E-state index in [2.05, 4.69) is 11.6 Å². The van der Waals surface area contributed by atoms with Gasteiger partial charge in [-0.15, -0.1) is 0 Å². The van der Waals surface area contributed by atoms with Crippen molar-refractivity contribution in [1.82, 2.24) is 10.2 Å². The Morgan fingerprint density at radius 1 is 1.33 bits per heavy atom. The van der Waals surface area contributed by atoms with Crippen molar-refractivity contribution >= 4 is 17.8 Å². The van der Waals surface area contributed by atoms with E-state index in [1.165, 1.54) is 32.1 Å². The number of urea groups is 1. The van der Waals surface area contributed by atoms with Crippen LogP contribution in [0.15, 0.2) is 0 Å². The molecule has 0 aliphatic heterocycles. The van der Waals surface area contributed by atoms with Crippen LogP contribution in [0.4, 0.5) is 4.79 Å². The zero-order chi connectivity index (χ0) is 11.3. The van der Waals surface area contributed by atoms with Gasteiger partial charge in [0.2, 0.25) is 0 Å². The lowest BCUT2D eigenvalue weighted by atomic mass is 9.88. The number of nitrogens with one attached hydrogen (secondary N) is 1. The molecule has 1 saturated carbocycles. The summed E-state index contributed by atoms with van der Waals surface area (Å²) in [4.78, 5) is 13.0. The van der Waals surface area contributed by atoms with E-state index in [4.69, 9.17) is 0 Å². The molecular formula is C11H22N2OS. The third-order valence-corrected chi connectivity index (χ3v) is 4.58. The van der Waals surface area contributed by atoms with E-state index in [0.29, 0.717) is 4.75 Å². The summed E-state index contributed by atoms with van der Waals surface area (Å²) in [5.41, 5.74) is 0. The number of amides is 2. The van der Waals surface area contributed by atoms with E-state index in [-0.39, 0.29) is 6.03 Å². The number of rotatable bonds is 3. The Labute approximate surface area is 97.0 Å². The topological polar surface area (TPSA) is 32.3 Å². The minimum absolute atomic E-state index is 0.0222. The second-order valence-electron chi connectivity index (χ2n) is 4.50. The highest BCUT2D eigenvalue weighted by atomic mass is 32.2. The lowest BCUT2D eigenvalue weighted by Gasteiger charge is -2.36. The minimum Gasteiger partial charge on any atom is -0.337 e. The molecule has 2 amide bonds. The molecule has 1 fully saturated rings. The highest BCUT2D eigenvalue weighted by Crippen LogP contribution is 2.37. The average Bonchev–Trinajstić information content (AvgIpc) is 2.27. The van der Waals surface area contributed by atoms with Gasteiger partial charge in [0.25, 0.3) is 0 Å². The zero-order valence-electron chi connectivity index (χ0n) is 10.0. The third-order valence-electron chi connectivity index (χ3n) is 3.17. The summed E-state index contributed by atoms with van der Waals surface area (Å²) in [6, 6.07) is 0.0222. The van der Waals surface area contributed by atoms with Crippen LogP contribution in [0.5, 0.6) is 0 Å². The first-order chi connectivity index (χ1) is 7.09. The second-order valence-corrected chi connectivity index (χ2v) is 5.78. The van der Waals surface area contributed by atoms with Crippen molar-refractivity contribution in [2.45, 2.75) is 36.9 Å². The molecule has 4 heteroatoms. The van der Waals surface area contributed by atoms with Crippen LogP contribution >= 0.6 is 11.8 Å². The van der Waals surface area contributed by atoms with E-state index in [1.54, 1.807) is 19.0 Å². The Morgan fingerprint density at radius 3 is 2.40 bits per heavy atom. The summed E-state index contributed by atoms with van der Waals surface area (Å²) in [6.07, 6.45) is 8.60. The molecule has 0 bridgehead atoms. The quantitative estimate of drug-likeness (QED) is 0.807. The van der Waals surface area contributed by atoms with E-state index < -0.39 is 0 Å². The number of hydrogen-bond donors (Lipinski definition) is 1. The smallest absolute Gasteiger partial charge is 0.316 e. The molecule has 1 rings (SSSR count). The van der Waals surface area contributed by atoms with Crippen LogP contribution in [0.3, 0.4) is 0 Å². The number of thioether (sulfide) groups is 1. The fourth-order valence-electron chi connectivity index (χ4n) is 2.04. The van der Waals surface area contributed by atoms with Gasteiger partial charge in [-0.3, -0.25) is 0 Å². The molecule has 3 nitrogen and oxygen atoms in total. The first-order valence-electron chi connectivity index (χ1n) is 5.60. The molecule has 1 aliphatic carbocycles. The van der Waals surface area contributed by atoms with E-state index in [1.807, 2.05) is 11.8 Å². The van der Waals surface area contributed by atoms with Crippen LogP contribution in [0.2, 0.25) is 0 Å². The molecule has 0 heterocycles. The maximum atomic E-state index is 11.4. The van der Waals surface area contributed by atoms with Crippen molar-refractivity contribution in [1.29, 1.82) is 0 Å². The molecule has 0 spiro atoms. The SMILES string of the molecule is CSC1(CNC(=O)N(C)C)CCCCC1. The fourth-order valence-corrected chi connectivity index (χ4v) is 2.96. The van der Waals surface area contributed by atoms with Crippen molar-refractivity contribution in [3.8, 4) is 0 Å². The van der Waals surface area contributed by atoms with Gasteiger partial charge in [-0.05, 0) is 19.1 Å². The Hall–Kier alpha value is -0.380. The second kappa shape index (κ2) is 5.64. The monoisotopic (exact) mass is 230 g/mol. The van der Waals surface area contributed by atoms with E-state index in [9.17, 15) is 4.79 Å². The number of hydrogen-bond acceptors (Lipinski definition) is 2. The molecule has 0 aromatic heterocycles. The lowest BCUT2D eigenvalue weighted by Crippen LogP contribution is -2.45. The summed E-state index contributed by atoms with van der Waals surface area (Å²) in [5, 5.41) is 3.01. The number of nitrogens with zero attached hydrogens (tertiary/aromatic N) is 1. The van der Waals surface area contributed by atoms with Gasteiger partial charge in [0.15, 0.2) is 0 Å². The number of carbonyl (C=O) groups excluding carboxylic acids is 1. The van der Waals surface area contributed by atoms with E-state index >= 15 is 0 Å². The van der Waals surface area contributed by atoms with Crippen LogP contribution in [-0.4, -0.2) is 42.6 Å². The Balaban J connectivity index is 2.42. The van der Waals surface area contributed by atoms with Gasteiger partial charge in [-0.2, -0.15) is 11.8 Å². The summed E-state index contributed by atoms with van der Waals surface area (Å²) in [6.45, 7) is 0.811. The van der Waals surface area contributed by atoms with Crippen LogP contribution in [0.1, 0.15) is 32.1 Å². The summed E-state index contributed by atoms with van der Waals surface area (Å²) < 4.78 is 0.296. The first-order valence-corrected chi connectivity index (χ1v) is 6.82. The maximum absolute atomic E-state index is 11.4. The highest BCUT2D eigenvalue weighted by molar-refractivity contribution is 8.00. The van der Waals surface area contributed by atoms with Crippen LogP contribution < -0.4 is 5.32 Å². The first kappa shape index (κ1) is 12.7. The Bertz CT molecular complexity index is 213. The van der Waals surface area contributed by atoms with Crippen molar-refractivity contribution in [2.75, 3.05) is 26.9 Å². The van der Waals surface area contributed by atoms with Gasteiger partial charge >= 0.3 is 6.03 Å². The predicted octanol–water partition coefficient (Wildman–Crippen LogP) is 2.32. The van der Waals surface area contributed by atoms with Gasteiger partial charge in [-0.25, -0.2) is 4.79 Å². The molecule has 88 valence electrons. The summed E-state index contributed by atoms with van der Waals surface area (Å²) in [5.74, 6) is 0. The van der Waals surface area contributed by atoms with Crippen molar-refractivity contribution in [2.24, 2.45) is 0 Å². The zero-order valence-corrected chi connectivity index (χ0v) is 10.8. The lowest BCUT2D eigenvalue weighted by molar-refractivity contribution is 0.214. The van der Waals surface area contributed by atoms with Gasteiger partial charge in [0, 0.05) is 25.4 Å². The molecule has 0 radical (unpaired) electrons. The third kappa shape index (κ3) is 3.59. The predicted molar refractivity (Wildman–Crippen MR) is 66.4 cm³/mol. The molecule has 1 N–H and O–H groups in total. The molecular weight excluding hydrogens is 208 g/mol. The van der Waals surface area contributed by atoms with Crippen molar-refractivity contribution in [3.05, 3.63) is 0 Å². The van der Waals surface area contributed by atoms with Gasteiger partial charge in [0.1, 0.15) is 0 Å². The molecule has 0 saturated heterocycles. The normalized spacial score (nSPS) is 19.7. The van der Waals surface area contributed by atoms with Gasteiger partial charge in [0.05, 0.1) is 0 Å². The fraction of sp³-hybridized carbons (Fsp3) is 0.909. The van der Waals surface area contributed by atoms with Gasteiger partial charge < -0.3 is 10.2 Å². The van der Waals surface area contributed by atoms with Crippen LogP contribution in [-0.2, 0) is 0 Å². The molecule has 0 unspecified atom stereocenters. The molecule has 0 atom stereocenters. The largest absolute Gasteiger partial charge is 0.337 e. The molecule has 0 aromatic rings. The average molecular weight is 230 g/mol.